The van der Waals surface area contributed by atoms with Crippen molar-refractivity contribution in [3.8, 4) is 0 Å². The number of methoxy groups -OCH3 is 1. The van der Waals surface area contributed by atoms with Gasteiger partial charge in [0.1, 0.15) is 5.69 Å². The summed E-state index contributed by atoms with van der Waals surface area (Å²) in [4.78, 5) is 25.9. The Hall–Kier alpha value is -2.37. The van der Waals surface area contributed by atoms with Crippen LogP contribution in [0.4, 0.5) is 0 Å². The first kappa shape index (κ1) is 16.5. The van der Waals surface area contributed by atoms with E-state index in [2.05, 4.69) is 5.16 Å². The van der Waals surface area contributed by atoms with Gasteiger partial charge in [0, 0.05) is 18.5 Å². The van der Waals surface area contributed by atoms with Gasteiger partial charge >= 0.3 is 5.97 Å². The molecule has 0 spiro atoms. The molecule has 6 nitrogen and oxygen atoms in total. The smallest absolute Gasteiger partial charge is 0.308 e. The normalized spacial score (nSPS) is 15.7. The fraction of sp³-hybridized carbons (Fsp3) is 0.500. The molecule has 1 aliphatic heterocycles. The van der Waals surface area contributed by atoms with Gasteiger partial charge in [-0.25, -0.2) is 0 Å². The molecule has 1 amide bonds. The van der Waals surface area contributed by atoms with Gasteiger partial charge in [0.05, 0.1) is 19.4 Å². The van der Waals surface area contributed by atoms with E-state index in [4.69, 9.17) is 9.26 Å². The third-order valence-electron chi connectivity index (χ3n) is 4.86. The van der Waals surface area contributed by atoms with E-state index < -0.39 is 0 Å². The molecule has 2 aromatic rings. The molecule has 0 N–H and O–H groups in total. The van der Waals surface area contributed by atoms with Gasteiger partial charge in [-0.1, -0.05) is 5.16 Å². The molecule has 6 heteroatoms. The lowest BCUT2D eigenvalue weighted by Gasteiger charge is -2.30. The minimum absolute atomic E-state index is 0.0201. The molecule has 1 fully saturated rings. The van der Waals surface area contributed by atoms with Crippen LogP contribution in [0.15, 0.2) is 16.7 Å². The van der Waals surface area contributed by atoms with E-state index in [1.54, 1.807) is 4.90 Å². The van der Waals surface area contributed by atoms with Gasteiger partial charge in [-0.15, -0.1) is 0 Å². The molecule has 2 heterocycles. The Balaban J connectivity index is 1.68. The third-order valence-corrected chi connectivity index (χ3v) is 4.86. The topological polar surface area (TPSA) is 72.6 Å². The highest BCUT2D eigenvalue weighted by Gasteiger charge is 2.28. The molecule has 1 aromatic carbocycles. The van der Waals surface area contributed by atoms with Crippen LogP contribution in [0.2, 0.25) is 0 Å². The number of nitrogens with zero attached hydrogens (tertiary/aromatic N) is 2. The first-order valence-corrected chi connectivity index (χ1v) is 8.20. The minimum atomic E-state index is -0.185. The Morgan fingerprint density at radius 2 is 1.92 bits per heavy atom. The number of benzene rings is 1. The second-order valence-corrected chi connectivity index (χ2v) is 6.42. The molecule has 3 rings (SSSR count). The highest BCUT2D eigenvalue weighted by molar-refractivity contribution is 5.87. The molecule has 0 bridgehead atoms. The third kappa shape index (κ3) is 3.13. The summed E-state index contributed by atoms with van der Waals surface area (Å²) < 4.78 is 10.1. The summed E-state index contributed by atoms with van der Waals surface area (Å²) in [6, 6.07) is 3.97. The number of rotatable bonds is 3. The Labute approximate surface area is 140 Å². The van der Waals surface area contributed by atoms with Gasteiger partial charge in [0.25, 0.3) is 0 Å². The Bertz CT molecular complexity index is 773. The number of esters is 1. The Morgan fingerprint density at radius 1 is 1.25 bits per heavy atom. The number of aryl methyl sites for hydroxylation is 2. The lowest BCUT2D eigenvalue weighted by atomic mass is 9.96. The number of fused-ring (bicyclic) bond motifs is 1. The van der Waals surface area contributed by atoms with Crippen molar-refractivity contribution in [3.05, 3.63) is 29.0 Å². The number of carbonyl (C=O) groups excluding carboxylic acids is 2. The molecular formula is C18H22N2O4. The molecule has 1 aliphatic rings. The van der Waals surface area contributed by atoms with Crippen LogP contribution in [0.1, 0.15) is 29.7 Å². The van der Waals surface area contributed by atoms with Crippen molar-refractivity contribution >= 4 is 22.8 Å². The number of ether oxygens (including phenoxy) is 1. The predicted octanol–water partition coefficient (Wildman–Crippen LogP) is 2.40. The van der Waals surface area contributed by atoms with Crippen molar-refractivity contribution in [2.24, 2.45) is 5.92 Å². The van der Waals surface area contributed by atoms with Gasteiger partial charge in [-0.3, -0.25) is 9.59 Å². The second kappa shape index (κ2) is 6.63. The van der Waals surface area contributed by atoms with Gasteiger partial charge < -0.3 is 14.2 Å². The maximum absolute atomic E-state index is 12.5. The molecule has 0 saturated carbocycles. The van der Waals surface area contributed by atoms with Crippen molar-refractivity contribution in [3.63, 3.8) is 0 Å². The van der Waals surface area contributed by atoms with E-state index in [0.717, 1.165) is 16.5 Å². The van der Waals surface area contributed by atoms with Gasteiger partial charge in [-0.2, -0.15) is 0 Å². The average Bonchev–Trinajstić information content (AvgIpc) is 2.96. The van der Waals surface area contributed by atoms with Gasteiger partial charge in [0.2, 0.25) is 5.91 Å². The minimum Gasteiger partial charge on any atom is -0.469 e. The average molecular weight is 330 g/mol. The zero-order valence-electron chi connectivity index (χ0n) is 14.3. The fourth-order valence-electron chi connectivity index (χ4n) is 3.16. The van der Waals surface area contributed by atoms with Crippen molar-refractivity contribution in [2.45, 2.75) is 33.1 Å². The van der Waals surface area contributed by atoms with E-state index in [1.165, 1.54) is 7.11 Å². The van der Waals surface area contributed by atoms with Crippen LogP contribution in [0, 0.1) is 19.8 Å². The van der Waals surface area contributed by atoms with E-state index in [-0.39, 0.29) is 24.2 Å². The van der Waals surface area contributed by atoms with Gasteiger partial charge in [-0.05, 0) is 49.9 Å². The molecule has 0 radical (unpaired) electrons. The summed E-state index contributed by atoms with van der Waals surface area (Å²) in [6.07, 6.45) is 1.52. The van der Waals surface area contributed by atoms with Crippen LogP contribution < -0.4 is 0 Å². The fourth-order valence-corrected chi connectivity index (χ4v) is 3.16. The summed E-state index contributed by atoms with van der Waals surface area (Å²) in [5.41, 5.74) is 3.68. The second-order valence-electron chi connectivity index (χ2n) is 6.42. The number of carbonyl (C=O) groups is 2. The highest BCUT2D eigenvalue weighted by Crippen LogP contribution is 2.24. The SMILES string of the molecule is COC(=O)C1CCN(C(=O)Cc2noc3cc(C)c(C)cc23)CC1. The molecule has 0 aliphatic carbocycles. The summed E-state index contributed by atoms with van der Waals surface area (Å²) in [5, 5.41) is 4.97. The molecular weight excluding hydrogens is 308 g/mol. The van der Waals surface area contributed by atoms with Crippen LogP contribution in [0.25, 0.3) is 11.0 Å². The van der Waals surface area contributed by atoms with Crippen LogP contribution in [0.5, 0.6) is 0 Å². The monoisotopic (exact) mass is 330 g/mol. The van der Waals surface area contributed by atoms with E-state index in [1.807, 2.05) is 26.0 Å². The predicted molar refractivity (Wildman–Crippen MR) is 88.5 cm³/mol. The van der Waals surface area contributed by atoms with Crippen LogP contribution in [-0.2, 0) is 20.7 Å². The van der Waals surface area contributed by atoms with Crippen LogP contribution in [-0.4, -0.2) is 42.1 Å². The van der Waals surface area contributed by atoms with Crippen molar-refractivity contribution in [2.75, 3.05) is 20.2 Å². The van der Waals surface area contributed by atoms with Crippen molar-refractivity contribution in [1.82, 2.24) is 10.1 Å². The molecule has 0 unspecified atom stereocenters. The molecule has 24 heavy (non-hydrogen) atoms. The van der Waals surface area contributed by atoms with E-state index in [0.29, 0.717) is 37.2 Å². The quantitative estimate of drug-likeness (QED) is 0.808. The Kier molecular flexibility index (Phi) is 4.55. The van der Waals surface area contributed by atoms with Gasteiger partial charge in [0.15, 0.2) is 5.58 Å². The van der Waals surface area contributed by atoms with Crippen molar-refractivity contribution < 1.29 is 18.8 Å². The lowest BCUT2D eigenvalue weighted by molar-refractivity contribution is -0.148. The number of hydrogen-bond donors (Lipinski definition) is 0. The number of hydrogen-bond acceptors (Lipinski definition) is 5. The first-order chi connectivity index (χ1) is 11.5. The number of likely N-dealkylation sites (tertiary alicyclic amines) is 1. The van der Waals surface area contributed by atoms with E-state index >= 15 is 0 Å². The summed E-state index contributed by atoms with van der Waals surface area (Å²) in [6.45, 7) is 5.21. The molecule has 0 atom stereocenters. The maximum Gasteiger partial charge on any atom is 0.308 e. The lowest BCUT2D eigenvalue weighted by Crippen LogP contribution is -2.41. The number of piperidine rings is 1. The van der Waals surface area contributed by atoms with Crippen LogP contribution >= 0.6 is 0 Å². The largest absolute Gasteiger partial charge is 0.469 e. The van der Waals surface area contributed by atoms with Crippen molar-refractivity contribution in [1.29, 1.82) is 0 Å². The number of amides is 1. The van der Waals surface area contributed by atoms with Crippen LogP contribution in [0.3, 0.4) is 0 Å². The molecule has 128 valence electrons. The number of aromatic nitrogens is 1. The first-order valence-electron chi connectivity index (χ1n) is 8.20. The summed E-state index contributed by atoms with van der Waals surface area (Å²) >= 11 is 0. The maximum atomic E-state index is 12.5. The summed E-state index contributed by atoms with van der Waals surface area (Å²) in [5.74, 6) is -0.264. The Morgan fingerprint density at radius 3 is 2.58 bits per heavy atom. The standard InChI is InChI=1S/C18H22N2O4/c1-11-8-14-15(19-24-16(14)9-12(11)2)10-17(21)20-6-4-13(5-7-20)18(22)23-3/h8-9,13H,4-7,10H2,1-3H3. The highest BCUT2D eigenvalue weighted by atomic mass is 16.5. The van der Waals surface area contributed by atoms with E-state index in [9.17, 15) is 9.59 Å². The molecule has 1 saturated heterocycles. The zero-order chi connectivity index (χ0) is 17.3. The summed E-state index contributed by atoms with van der Waals surface area (Å²) in [7, 11) is 1.40. The zero-order valence-corrected chi connectivity index (χ0v) is 14.3. The molecule has 1 aromatic heterocycles.